The molecule has 0 aliphatic heterocycles. The zero-order chi connectivity index (χ0) is 16.5. The van der Waals surface area contributed by atoms with Gasteiger partial charge in [0, 0.05) is 21.7 Å². The average molecular weight is 388 g/mol. The van der Waals surface area contributed by atoms with Crippen molar-refractivity contribution in [2.45, 2.75) is 6.92 Å². The van der Waals surface area contributed by atoms with Crippen molar-refractivity contribution in [2.24, 2.45) is 0 Å². The monoisotopic (exact) mass is 387 g/mol. The fourth-order valence-electron chi connectivity index (χ4n) is 2.61. The number of benzene rings is 2. The van der Waals surface area contributed by atoms with E-state index in [0.29, 0.717) is 0 Å². The van der Waals surface area contributed by atoms with Gasteiger partial charge in [-0.3, -0.25) is 0 Å². The van der Waals surface area contributed by atoms with Gasteiger partial charge in [0.2, 0.25) is 0 Å². The lowest BCUT2D eigenvalue weighted by Gasteiger charge is -2.09. The minimum Gasteiger partial charge on any atom is -0.340 e. The van der Waals surface area contributed by atoms with Crippen LogP contribution in [0.2, 0.25) is 5.02 Å². The smallest absolute Gasteiger partial charge is 0.143 e. The summed E-state index contributed by atoms with van der Waals surface area (Å²) in [7, 11) is 0. The van der Waals surface area contributed by atoms with Gasteiger partial charge in [-0.25, -0.2) is 9.97 Å². The molecule has 126 valence electrons. The average Bonchev–Trinajstić information content (AvgIpc) is 3.04. The second kappa shape index (κ2) is 7.40. The van der Waals surface area contributed by atoms with E-state index in [-0.39, 0.29) is 12.4 Å². The van der Waals surface area contributed by atoms with Crippen molar-refractivity contribution >= 4 is 57.1 Å². The van der Waals surface area contributed by atoms with Gasteiger partial charge in [-0.1, -0.05) is 48.0 Å². The van der Waals surface area contributed by atoms with E-state index in [1.165, 1.54) is 0 Å². The summed E-state index contributed by atoms with van der Waals surface area (Å²) in [4.78, 5) is 9.82. The molecule has 0 aliphatic carbocycles. The van der Waals surface area contributed by atoms with Crippen molar-refractivity contribution < 1.29 is 0 Å². The van der Waals surface area contributed by atoms with Gasteiger partial charge >= 0.3 is 0 Å². The van der Waals surface area contributed by atoms with E-state index in [1.54, 1.807) is 17.7 Å². The lowest BCUT2D eigenvalue weighted by Crippen LogP contribution is -1.96. The summed E-state index contributed by atoms with van der Waals surface area (Å²) < 4.78 is 0. The van der Waals surface area contributed by atoms with Crippen LogP contribution in [-0.4, -0.2) is 9.97 Å². The quantitative estimate of drug-likeness (QED) is 0.436. The van der Waals surface area contributed by atoms with Crippen LogP contribution in [0, 0.1) is 6.92 Å². The fraction of sp³-hybridized carbons (Fsp3) is 0.0526. The van der Waals surface area contributed by atoms with E-state index in [1.807, 2.05) is 43.3 Å². The lowest BCUT2D eigenvalue weighted by atomic mass is 10.1. The number of nitrogens with zero attached hydrogens (tertiary/aromatic N) is 2. The standard InChI is InChI=1S/C19H14ClN3S.ClH/c1-12-7-8-14(9-16(12)20)23-18-17-15(13-5-3-2-4-6-13)10-24-19(17)22-11-21-18;/h2-11H,1H3,(H,21,22,23);1H. The zero-order valence-corrected chi connectivity index (χ0v) is 15.8. The fourth-order valence-corrected chi connectivity index (χ4v) is 3.70. The Morgan fingerprint density at radius 2 is 1.84 bits per heavy atom. The van der Waals surface area contributed by atoms with E-state index < -0.39 is 0 Å². The summed E-state index contributed by atoms with van der Waals surface area (Å²) in [6.07, 6.45) is 1.59. The Labute approximate surface area is 161 Å². The van der Waals surface area contributed by atoms with Crippen molar-refractivity contribution in [3.8, 4) is 11.1 Å². The predicted molar refractivity (Wildman–Crippen MR) is 110 cm³/mol. The number of rotatable bonds is 3. The first-order valence-corrected chi connectivity index (χ1v) is 8.79. The van der Waals surface area contributed by atoms with Crippen LogP contribution >= 0.6 is 35.3 Å². The molecule has 0 atom stereocenters. The number of thiophene rings is 1. The molecule has 0 saturated carbocycles. The molecule has 0 fully saturated rings. The van der Waals surface area contributed by atoms with Crippen molar-refractivity contribution in [1.29, 1.82) is 0 Å². The van der Waals surface area contributed by atoms with Crippen LogP contribution in [0.1, 0.15) is 5.56 Å². The maximum Gasteiger partial charge on any atom is 0.143 e. The number of hydrogen-bond donors (Lipinski definition) is 1. The summed E-state index contributed by atoms with van der Waals surface area (Å²) in [5.41, 5.74) is 4.26. The van der Waals surface area contributed by atoms with Gasteiger partial charge < -0.3 is 5.32 Å². The summed E-state index contributed by atoms with van der Waals surface area (Å²) >= 11 is 7.86. The molecule has 0 spiro atoms. The first-order valence-electron chi connectivity index (χ1n) is 7.53. The number of anilines is 2. The highest BCUT2D eigenvalue weighted by atomic mass is 35.5. The van der Waals surface area contributed by atoms with Gasteiger partial charge in [0.05, 0.1) is 5.39 Å². The van der Waals surface area contributed by atoms with Crippen molar-refractivity contribution in [3.05, 3.63) is 70.8 Å². The van der Waals surface area contributed by atoms with E-state index >= 15 is 0 Å². The van der Waals surface area contributed by atoms with Crippen molar-refractivity contribution in [2.75, 3.05) is 5.32 Å². The highest BCUT2D eigenvalue weighted by Gasteiger charge is 2.13. The number of halogens is 2. The number of fused-ring (bicyclic) bond motifs is 1. The molecule has 0 aliphatic rings. The lowest BCUT2D eigenvalue weighted by molar-refractivity contribution is 1.23. The summed E-state index contributed by atoms with van der Waals surface area (Å²) in [6.45, 7) is 1.99. The minimum absolute atomic E-state index is 0. The van der Waals surface area contributed by atoms with Gasteiger partial charge in [0.15, 0.2) is 0 Å². The Balaban J connectivity index is 0.00000182. The van der Waals surface area contributed by atoms with Gasteiger partial charge in [0.25, 0.3) is 0 Å². The van der Waals surface area contributed by atoms with Crippen molar-refractivity contribution in [1.82, 2.24) is 9.97 Å². The third kappa shape index (κ3) is 3.47. The SMILES string of the molecule is Cc1ccc(Nc2ncnc3scc(-c4ccccc4)c23)cc1Cl.Cl. The molecular formula is C19H15Cl2N3S. The first kappa shape index (κ1) is 17.7. The van der Waals surface area contributed by atoms with Gasteiger partial charge in [-0.15, -0.1) is 23.7 Å². The number of aryl methyl sites for hydroxylation is 1. The van der Waals surface area contributed by atoms with Crippen LogP contribution in [-0.2, 0) is 0 Å². The largest absolute Gasteiger partial charge is 0.340 e. The molecule has 2 heterocycles. The Bertz CT molecular complexity index is 1020. The molecule has 6 heteroatoms. The molecule has 3 nitrogen and oxygen atoms in total. The molecule has 0 radical (unpaired) electrons. The molecule has 0 amide bonds. The summed E-state index contributed by atoms with van der Waals surface area (Å²) in [5.74, 6) is 0.792. The van der Waals surface area contributed by atoms with Crippen LogP contribution in [0.3, 0.4) is 0 Å². The Morgan fingerprint density at radius 1 is 1.04 bits per heavy atom. The number of hydrogen-bond acceptors (Lipinski definition) is 4. The highest BCUT2D eigenvalue weighted by Crippen LogP contribution is 2.37. The molecule has 0 bridgehead atoms. The third-order valence-electron chi connectivity index (χ3n) is 3.89. The van der Waals surface area contributed by atoms with Gasteiger partial charge in [0.1, 0.15) is 17.0 Å². The normalized spacial score (nSPS) is 10.5. The highest BCUT2D eigenvalue weighted by molar-refractivity contribution is 7.17. The van der Waals surface area contributed by atoms with E-state index in [2.05, 4.69) is 32.8 Å². The molecular weight excluding hydrogens is 373 g/mol. The maximum atomic E-state index is 6.23. The van der Waals surface area contributed by atoms with Crippen LogP contribution in [0.5, 0.6) is 0 Å². The molecule has 1 N–H and O–H groups in total. The van der Waals surface area contributed by atoms with E-state index in [4.69, 9.17) is 11.6 Å². The first-order chi connectivity index (χ1) is 11.7. The van der Waals surface area contributed by atoms with Crippen LogP contribution in [0.4, 0.5) is 11.5 Å². The Hall–Kier alpha value is -2.14. The molecule has 2 aromatic heterocycles. The number of aromatic nitrogens is 2. The maximum absolute atomic E-state index is 6.23. The molecule has 4 aromatic rings. The predicted octanol–water partition coefficient (Wildman–Crippen LogP) is 6.49. The second-order valence-electron chi connectivity index (χ2n) is 5.51. The Kier molecular flexibility index (Phi) is 5.23. The molecule has 0 unspecified atom stereocenters. The molecule has 2 aromatic carbocycles. The zero-order valence-electron chi connectivity index (χ0n) is 13.4. The number of nitrogens with one attached hydrogen (secondary N) is 1. The molecule has 0 saturated heterocycles. The second-order valence-corrected chi connectivity index (χ2v) is 6.77. The van der Waals surface area contributed by atoms with Gasteiger partial charge in [-0.2, -0.15) is 0 Å². The van der Waals surface area contributed by atoms with Gasteiger partial charge in [-0.05, 0) is 30.2 Å². The van der Waals surface area contributed by atoms with Crippen molar-refractivity contribution in [3.63, 3.8) is 0 Å². The minimum atomic E-state index is 0. The summed E-state index contributed by atoms with van der Waals surface area (Å²) in [6, 6.07) is 16.2. The van der Waals surface area contributed by atoms with Crippen LogP contribution < -0.4 is 5.32 Å². The van der Waals surface area contributed by atoms with Crippen LogP contribution in [0.15, 0.2) is 60.2 Å². The molecule has 4 rings (SSSR count). The molecule has 25 heavy (non-hydrogen) atoms. The van der Waals surface area contributed by atoms with E-state index in [9.17, 15) is 0 Å². The third-order valence-corrected chi connectivity index (χ3v) is 5.18. The van der Waals surface area contributed by atoms with E-state index in [0.717, 1.165) is 43.4 Å². The summed E-state index contributed by atoms with van der Waals surface area (Å²) in [5, 5.41) is 7.28. The Morgan fingerprint density at radius 3 is 2.60 bits per heavy atom. The van der Waals surface area contributed by atoms with Crippen LogP contribution in [0.25, 0.3) is 21.3 Å². The topological polar surface area (TPSA) is 37.8 Å².